The zero-order chi connectivity index (χ0) is 20.4. The molecule has 9 heteroatoms. The molecule has 1 aromatic heterocycles. The lowest BCUT2D eigenvalue weighted by Crippen LogP contribution is -2.11. The number of aromatic amines is 1. The highest BCUT2D eigenvalue weighted by molar-refractivity contribution is 6.50. The van der Waals surface area contributed by atoms with Crippen molar-refractivity contribution < 1.29 is 24.5 Å². The number of aromatic carboxylic acids is 1. The minimum absolute atomic E-state index is 0.00431. The Morgan fingerprint density at radius 1 is 1.18 bits per heavy atom. The third-order valence-corrected chi connectivity index (χ3v) is 4.26. The first-order valence-electron chi connectivity index (χ1n) is 7.94. The predicted molar refractivity (Wildman–Crippen MR) is 104 cm³/mol. The van der Waals surface area contributed by atoms with Gasteiger partial charge in [0, 0.05) is 0 Å². The van der Waals surface area contributed by atoms with E-state index in [9.17, 15) is 14.7 Å². The fourth-order valence-corrected chi connectivity index (χ4v) is 2.81. The van der Waals surface area contributed by atoms with Gasteiger partial charge in [-0.2, -0.15) is 0 Å². The lowest BCUT2D eigenvalue weighted by Gasteiger charge is -2.10. The number of carbonyl (C=O) groups is 1. The number of hydrogen-bond acceptors (Lipinski definition) is 6. The van der Waals surface area contributed by atoms with Crippen LogP contribution in [-0.4, -0.2) is 40.4 Å². The van der Waals surface area contributed by atoms with Crippen LogP contribution < -0.4 is 15.0 Å². The van der Waals surface area contributed by atoms with Gasteiger partial charge in [-0.15, -0.1) is 0 Å². The van der Waals surface area contributed by atoms with Crippen LogP contribution in [0.3, 0.4) is 0 Å². The molecular weight excluding hydrogens is 388 g/mol. The van der Waals surface area contributed by atoms with E-state index in [0.29, 0.717) is 5.56 Å². The second kappa shape index (κ2) is 7.61. The SMILES string of the molecule is COc1cc(/C=C(\Cl)c2nc3cc(C(=O)O)ccc3c(=O)[nH]2)cc(OC)c1O. The molecule has 2 aromatic carbocycles. The average Bonchev–Trinajstić information content (AvgIpc) is 2.68. The molecule has 0 aliphatic rings. The number of rotatable bonds is 5. The number of carboxylic acids is 1. The normalized spacial score (nSPS) is 11.5. The Hall–Kier alpha value is -3.52. The number of phenolic OH excluding ortho intramolecular Hbond substituents is 1. The van der Waals surface area contributed by atoms with Gasteiger partial charge in [-0.1, -0.05) is 11.6 Å². The smallest absolute Gasteiger partial charge is 0.335 e. The number of carboxylic acid groups (broad SMARTS) is 1. The highest BCUT2D eigenvalue weighted by Crippen LogP contribution is 2.38. The van der Waals surface area contributed by atoms with Crippen molar-refractivity contribution >= 4 is 39.6 Å². The van der Waals surface area contributed by atoms with Crippen LogP contribution >= 0.6 is 11.6 Å². The van der Waals surface area contributed by atoms with Gasteiger partial charge < -0.3 is 24.7 Å². The molecule has 3 N–H and O–H groups in total. The van der Waals surface area contributed by atoms with E-state index < -0.39 is 11.5 Å². The van der Waals surface area contributed by atoms with Crippen LogP contribution in [0.1, 0.15) is 21.7 Å². The Bertz CT molecular complexity index is 1140. The molecule has 0 spiro atoms. The van der Waals surface area contributed by atoms with Gasteiger partial charge in [-0.3, -0.25) is 4.79 Å². The van der Waals surface area contributed by atoms with Crippen LogP contribution in [0.25, 0.3) is 22.0 Å². The fourth-order valence-electron chi connectivity index (χ4n) is 2.60. The molecular formula is C19H15ClN2O6. The zero-order valence-corrected chi connectivity index (χ0v) is 15.6. The number of phenols is 1. The minimum Gasteiger partial charge on any atom is -0.502 e. The number of benzene rings is 2. The van der Waals surface area contributed by atoms with Crippen LogP contribution in [-0.2, 0) is 0 Å². The van der Waals surface area contributed by atoms with Gasteiger partial charge >= 0.3 is 5.97 Å². The minimum atomic E-state index is -1.13. The zero-order valence-electron chi connectivity index (χ0n) is 14.8. The van der Waals surface area contributed by atoms with Crippen molar-refractivity contribution in [3.63, 3.8) is 0 Å². The van der Waals surface area contributed by atoms with E-state index in [1.165, 1.54) is 50.6 Å². The van der Waals surface area contributed by atoms with Crippen LogP contribution in [0.4, 0.5) is 0 Å². The van der Waals surface area contributed by atoms with Crippen molar-refractivity contribution in [2.75, 3.05) is 14.2 Å². The molecule has 0 bridgehead atoms. The van der Waals surface area contributed by atoms with Crippen molar-refractivity contribution in [3.8, 4) is 17.2 Å². The highest BCUT2D eigenvalue weighted by atomic mass is 35.5. The maximum absolute atomic E-state index is 12.3. The molecule has 0 saturated heterocycles. The molecule has 0 unspecified atom stereocenters. The summed E-state index contributed by atoms with van der Waals surface area (Å²) in [6.07, 6.45) is 1.50. The Balaban J connectivity index is 2.11. The van der Waals surface area contributed by atoms with Gasteiger partial charge in [-0.25, -0.2) is 9.78 Å². The Morgan fingerprint density at radius 2 is 1.82 bits per heavy atom. The summed E-state index contributed by atoms with van der Waals surface area (Å²) in [7, 11) is 2.79. The van der Waals surface area contributed by atoms with Crippen molar-refractivity contribution in [1.29, 1.82) is 0 Å². The first kappa shape index (κ1) is 19.2. The van der Waals surface area contributed by atoms with Crippen LogP contribution in [0, 0.1) is 0 Å². The number of fused-ring (bicyclic) bond motifs is 1. The number of methoxy groups -OCH3 is 2. The summed E-state index contributed by atoms with van der Waals surface area (Å²) < 4.78 is 10.2. The molecule has 0 saturated carbocycles. The maximum atomic E-state index is 12.3. The standard InChI is InChI=1S/C19H15ClN2O6/c1-27-14-6-9(7-15(28-2)16(14)23)5-12(20)17-21-13-8-10(19(25)26)3-4-11(13)18(24)22-17/h3-8,23H,1-2H3,(H,25,26)(H,21,22,24)/b12-5-. The number of aromatic hydroxyl groups is 1. The Labute approximate surface area is 163 Å². The van der Waals surface area contributed by atoms with Crippen LogP contribution in [0.5, 0.6) is 17.2 Å². The average molecular weight is 403 g/mol. The summed E-state index contributed by atoms with van der Waals surface area (Å²) in [5, 5.41) is 19.4. The van der Waals surface area contributed by atoms with E-state index in [4.69, 9.17) is 26.2 Å². The molecule has 8 nitrogen and oxygen atoms in total. The van der Waals surface area contributed by atoms with Crippen molar-refractivity contribution in [1.82, 2.24) is 9.97 Å². The first-order valence-corrected chi connectivity index (χ1v) is 8.31. The molecule has 0 aliphatic heterocycles. The molecule has 1 heterocycles. The van der Waals surface area contributed by atoms with Crippen LogP contribution in [0.2, 0.25) is 0 Å². The van der Waals surface area contributed by atoms with E-state index >= 15 is 0 Å². The number of halogens is 1. The molecule has 3 aromatic rings. The molecule has 0 amide bonds. The predicted octanol–water partition coefficient (Wildman–Crippen LogP) is 3.08. The summed E-state index contributed by atoms with van der Waals surface area (Å²) in [4.78, 5) is 30.2. The number of H-pyrrole nitrogens is 1. The van der Waals surface area contributed by atoms with E-state index in [2.05, 4.69) is 9.97 Å². The summed E-state index contributed by atoms with van der Waals surface area (Å²) in [5.74, 6) is -0.859. The van der Waals surface area contributed by atoms with Gasteiger partial charge in [0.05, 0.1) is 35.7 Å². The monoisotopic (exact) mass is 402 g/mol. The number of nitrogens with one attached hydrogen (secondary N) is 1. The van der Waals surface area contributed by atoms with Crippen molar-refractivity contribution in [3.05, 3.63) is 57.6 Å². The topological polar surface area (TPSA) is 122 Å². The van der Waals surface area contributed by atoms with Gasteiger partial charge in [0.25, 0.3) is 5.56 Å². The number of aromatic nitrogens is 2. The number of ether oxygens (including phenoxy) is 2. The van der Waals surface area contributed by atoms with Crippen molar-refractivity contribution in [2.45, 2.75) is 0 Å². The third-order valence-electron chi connectivity index (χ3n) is 3.98. The number of hydrogen-bond donors (Lipinski definition) is 3. The Morgan fingerprint density at radius 3 is 2.39 bits per heavy atom. The molecule has 3 rings (SSSR count). The van der Waals surface area contributed by atoms with Gasteiger partial charge in [0.15, 0.2) is 17.3 Å². The quantitative estimate of drug-likeness (QED) is 0.599. The molecule has 0 fully saturated rings. The summed E-state index contributed by atoms with van der Waals surface area (Å²) in [6, 6.07) is 7.08. The van der Waals surface area contributed by atoms with Gasteiger partial charge in [0.1, 0.15) is 0 Å². The lowest BCUT2D eigenvalue weighted by atomic mass is 10.1. The van der Waals surface area contributed by atoms with Gasteiger partial charge in [0.2, 0.25) is 5.75 Å². The Kier molecular flexibility index (Phi) is 5.23. The third kappa shape index (κ3) is 3.63. The second-order valence-electron chi connectivity index (χ2n) is 5.72. The second-order valence-corrected chi connectivity index (χ2v) is 6.13. The van der Waals surface area contributed by atoms with E-state index in [0.717, 1.165) is 0 Å². The molecule has 0 aliphatic carbocycles. The highest BCUT2D eigenvalue weighted by Gasteiger charge is 2.13. The first-order chi connectivity index (χ1) is 13.3. The van der Waals surface area contributed by atoms with Crippen molar-refractivity contribution in [2.24, 2.45) is 0 Å². The molecule has 0 radical (unpaired) electrons. The molecule has 28 heavy (non-hydrogen) atoms. The summed E-state index contributed by atoms with van der Waals surface area (Å²) in [6.45, 7) is 0. The van der Waals surface area contributed by atoms with Gasteiger partial charge in [-0.05, 0) is 42.0 Å². The number of nitrogens with zero attached hydrogens (tertiary/aromatic N) is 1. The van der Waals surface area contributed by atoms with Crippen LogP contribution in [0.15, 0.2) is 35.1 Å². The maximum Gasteiger partial charge on any atom is 0.335 e. The fraction of sp³-hybridized carbons (Fsp3) is 0.105. The van der Waals surface area contributed by atoms with E-state index in [-0.39, 0.29) is 44.6 Å². The lowest BCUT2D eigenvalue weighted by molar-refractivity contribution is 0.0697. The largest absolute Gasteiger partial charge is 0.502 e. The van der Waals surface area contributed by atoms with E-state index in [1.807, 2.05) is 0 Å². The van der Waals surface area contributed by atoms with E-state index in [1.54, 1.807) is 0 Å². The molecule has 144 valence electrons. The molecule has 0 atom stereocenters. The summed E-state index contributed by atoms with van der Waals surface area (Å²) in [5.41, 5.74) is 0.276. The summed E-state index contributed by atoms with van der Waals surface area (Å²) >= 11 is 6.31.